The minimum Gasteiger partial charge on any atom is -0.368 e. The van der Waals surface area contributed by atoms with Gasteiger partial charge in [0.1, 0.15) is 6.34 Å². The van der Waals surface area contributed by atoms with Crippen molar-refractivity contribution in [2.45, 2.75) is 27.1 Å². The number of nitrogens with two attached hydrogens (primary N) is 1. The van der Waals surface area contributed by atoms with Crippen molar-refractivity contribution in [2.75, 3.05) is 5.32 Å². The normalized spacial score (nSPS) is 16.3. The highest BCUT2D eigenvalue weighted by molar-refractivity contribution is 5.87. The molecule has 0 spiro atoms. The summed E-state index contributed by atoms with van der Waals surface area (Å²) >= 11 is 0. The molecule has 1 atom stereocenters. The summed E-state index contributed by atoms with van der Waals surface area (Å²) in [7, 11) is 0. The summed E-state index contributed by atoms with van der Waals surface area (Å²) in [5.74, 6) is 0.148. The van der Waals surface area contributed by atoms with Crippen molar-refractivity contribution in [2.24, 2.45) is 26.1 Å². The lowest BCUT2D eigenvalue weighted by atomic mass is 10.1. The van der Waals surface area contributed by atoms with Gasteiger partial charge in [0.2, 0.25) is 12.2 Å². The van der Waals surface area contributed by atoms with Crippen LogP contribution < -0.4 is 11.1 Å². The van der Waals surface area contributed by atoms with E-state index in [1.807, 2.05) is 20.8 Å². The molecule has 8 heteroatoms. The molecular formula is C19H20N8. The molecule has 0 amide bonds. The van der Waals surface area contributed by atoms with Gasteiger partial charge >= 0.3 is 0 Å². The minimum atomic E-state index is -0.592. The third-order valence-corrected chi connectivity index (χ3v) is 4.01. The Hall–Kier alpha value is -3.73. The molecular weight excluding hydrogens is 340 g/mol. The standard InChI is InChI=1S/C19H20N8/c1-12-8-13(2)17(14(3)9-12)25-26-27-11-22-18(21)24-19(27)23-16-6-4-15(10-20)5-7-16/h4-9,11,19,23H,1-3H3,(H2,21,24)/b26-25+. The largest absolute Gasteiger partial charge is 0.368 e. The SMILES string of the molecule is Cc1cc(C)c(/N=N/N2C=NC(N)=NC2Nc2ccc(C#N)cc2)c(C)c1. The zero-order valence-corrected chi connectivity index (χ0v) is 15.4. The van der Waals surface area contributed by atoms with Crippen LogP contribution >= 0.6 is 0 Å². The third kappa shape index (κ3) is 4.27. The van der Waals surface area contributed by atoms with Crippen LogP contribution in [0.5, 0.6) is 0 Å². The highest BCUT2D eigenvalue weighted by Gasteiger charge is 2.19. The van der Waals surface area contributed by atoms with Gasteiger partial charge in [-0.1, -0.05) is 22.9 Å². The van der Waals surface area contributed by atoms with Crippen molar-refractivity contribution in [3.63, 3.8) is 0 Å². The Labute approximate surface area is 157 Å². The maximum atomic E-state index is 8.90. The van der Waals surface area contributed by atoms with Crippen LogP contribution in [0.1, 0.15) is 22.3 Å². The van der Waals surface area contributed by atoms with Crippen LogP contribution in [-0.2, 0) is 0 Å². The second-order valence-electron chi connectivity index (χ2n) is 6.26. The van der Waals surface area contributed by atoms with E-state index in [-0.39, 0.29) is 5.96 Å². The van der Waals surface area contributed by atoms with E-state index in [9.17, 15) is 0 Å². The molecule has 8 nitrogen and oxygen atoms in total. The molecule has 0 aliphatic carbocycles. The van der Waals surface area contributed by atoms with Gasteiger partial charge in [0.05, 0.1) is 17.3 Å². The minimum absolute atomic E-state index is 0.148. The van der Waals surface area contributed by atoms with Crippen molar-refractivity contribution < 1.29 is 0 Å². The topological polar surface area (TPSA) is 115 Å². The molecule has 136 valence electrons. The highest BCUT2D eigenvalue weighted by atomic mass is 15.6. The Kier molecular flexibility index (Phi) is 5.13. The summed E-state index contributed by atoms with van der Waals surface area (Å²) in [4.78, 5) is 8.26. The summed E-state index contributed by atoms with van der Waals surface area (Å²) in [6.45, 7) is 6.05. The Morgan fingerprint density at radius 2 is 1.81 bits per heavy atom. The third-order valence-electron chi connectivity index (χ3n) is 4.01. The van der Waals surface area contributed by atoms with Crippen LogP contribution in [0, 0.1) is 32.1 Å². The monoisotopic (exact) mass is 360 g/mol. The van der Waals surface area contributed by atoms with E-state index in [4.69, 9.17) is 11.0 Å². The number of aryl methyl sites for hydroxylation is 3. The molecule has 1 heterocycles. The number of rotatable bonds is 4. The van der Waals surface area contributed by atoms with E-state index < -0.39 is 6.29 Å². The first-order valence-electron chi connectivity index (χ1n) is 8.38. The number of aliphatic imine (C=N–C) groups is 2. The van der Waals surface area contributed by atoms with Crippen LogP contribution in [0.3, 0.4) is 0 Å². The first-order chi connectivity index (χ1) is 13.0. The molecule has 0 aromatic heterocycles. The number of guanidine groups is 1. The molecule has 1 unspecified atom stereocenters. The number of nitrogens with one attached hydrogen (secondary N) is 1. The van der Waals surface area contributed by atoms with Crippen LogP contribution in [-0.4, -0.2) is 23.6 Å². The van der Waals surface area contributed by atoms with Crippen molar-refractivity contribution in [3.05, 3.63) is 58.7 Å². The number of nitrogens with zero attached hydrogens (tertiary/aromatic N) is 6. The van der Waals surface area contributed by atoms with E-state index in [1.165, 1.54) is 16.9 Å². The van der Waals surface area contributed by atoms with Gasteiger partial charge in [-0.15, -0.1) is 5.11 Å². The van der Waals surface area contributed by atoms with Gasteiger partial charge in [0, 0.05) is 5.69 Å². The quantitative estimate of drug-likeness (QED) is 0.811. The molecule has 0 fully saturated rings. The molecule has 1 aliphatic heterocycles. The number of nitriles is 1. The number of hydrogen-bond acceptors (Lipinski definition) is 7. The highest BCUT2D eigenvalue weighted by Crippen LogP contribution is 2.26. The summed E-state index contributed by atoms with van der Waals surface area (Å²) < 4.78 is 0. The molecule has 0 saturated carbocycles. The molecule has 3 rings (SSSR count). The predicted octanol–water partition coefficient (Wildman–Crippen LogP) is 3.54. The summed E-state index contributed by atoms with van der Waals surface area (Å²) in [6, 6.07) is 13.2. The lowest BCUT2D eigenvalue weighted by Gasteiger charge is -2.25. The zero-order valence-electron chi connectivity index (χ0n) is 15.4. The van der Waals surface area contributed by atoms with E-state index in [0.717, 1.165) is 22.5 Å². The van der Waals surface area contributed by atoms with E-state index in [0.29, 0.717) is 5.56 Å². The van der Waals surface area contributed by atoms with Crippen LogP contribution in [0.2, 0.25) is 0 Å². The second-order valence-corrected chi connectivity index (χ2v) is 6.26. The fraction of sp³-hybridized carbons (Fsp3) is 0.211. The molecule has 0 saturated heterocycles. The van der Waals surface area contributed by atoms with Gasteiger partial charge in [-0.05, 0) is 56.2 Å². The van der Waals surface area contributed by atoms with Crippen molar-refractivity contribution >= 4 is 23.7 Å². The summed E-state index contributed by atoms with van der Waals surface area (Å²) in [6.07, 6.45) is 0.886. The molecule has 2 aromatic carbocycles. The van der Waals surface area contributed by atoms with Gasteiger partial charge in [-0.3, -0.25) is 0 Å². The van der Waals surface area contributed by atoms with Crippen molar-refractivity contribution in [1.29, 1.82) is 5.26 Å². The van der Waals surface area contributed by atoms with Gasteiger partial charge < -0.3 is 11.1 Å². The molecule has 27 heavy (non-hydrogen) atoms. The van der Waals surface area contributed by atoms with Crippen molar-refractivity contribution in [1.82, 2.24) is 5.01 Å². The first-order valence-corrected chi connectivity index (χ1v) is 8.38. The predicted molar refractivity (Wildman–Crippen MR) is 106 cm³/mol. The van der Waals surface area contributed by atoms with E-state index in [1.54, 1.807) is 24.3 Å². The van der Waals surface area contributed by atoms with Crippen LogP contribution in [0.15, 0.2) is 56.7 Å². The molecule has 3 N–H and O–H groups in total. The fourth-order valence-electron chi connectivity index (χ4n) is 2.79. The summed E-state index contributed by atoms with van der Waals surface area (Å²) in [5.41, 5.74) is 11.2. The zero-order chi connectivity index (χ0) is 19.4. The van der Waals surface area contributed by atoms with Crippen LogP contribution in [0.4, 0.5) is 11.4 Å². The lowest BCUT2D eigenvalue weighted by Crippen LogP contribution is -2.39. The van der Waals surface area contributed by atoms with E-state index in [2.05, 4.69) is 43.8 Å². The Morgan fingerprint density at radius 1 is 1.15 bits per heavy atom. The Balaban J connectivity index is 1.82. The second kappa shape index (κ2) is 7.66. The van der Waals surface area contributed by atoms with Crippen molar-refractivity contribution in [3.8, 4) is 6.07 Å². The average Bonchev–Trinajstić information content (AvgIpc) is 2.63. The Bertz CT molecular complexity index is 943. The van der Waals surface area contributed by atoms with Gasteiger partial charge in [0.25, 0.3) is 0 Å². The average molecular weight is 360 g/mol. The maximum absolute atomic E-state index is 8.90. The molecule has 2 aromatic rings. The van der Waals surface area contributed by atoms with Gasteiger partial charge in [-0.2, -0.15) is 10.3 Å². The maximum Gasteiger partial charge on any atom is 0.222 e. The lowest BCUT2D eigenvalue weighted by molar-refractivity contribution is 0.350. The smallest absolute Gasteiger partial charge is 0.222 e. The molecule has 0 radical (unpaired) electrons. The number of hydrogen-bond donors (Lipinski definition) is 2. The molecule has 0 bridgehead atoms. The van der Waals surface area contributed by atoms with Gasteiger partial charge in [0.15, 0.2) is 0 Å². The first kappa shape index (κ1) is 18.1. The summed E-state index contributed by atoms with van der Waals surface area (Å²) in [5, 5.41) is 22.3. The number of benzene rings is 2. The van der Waals surface area contributed by atoms with Gasteiger partial charge in [-0.25, -0.2) is 9.98 Å². The Morgan fingerprint density at radius 3 is 2.44 bits per heavy atom. The van der Waals surface area contributed by atoms with Crippen LogP contribution in [0.25, 0.3) is 0 Å². The number of anilines is 1. The fourth-order valence-corrected chi connectivity index (χ4v) is 2.79. The van der Waals surface area contributed by atoms with E-state index >= 15 is 0 Å². The molecule has 1 aliphatic rings.